The van der Waals surface area contributed by atoms with Crippen molar-refractivity contribution in [1.82, 2.24) is 14.3 Å². The number of fused-ring (bicyclic) bond motifs is 1. The lowest BCUT2D eigenvalue weighted by Crippen LogP contribution is -2.32. The summed E-state index contributed by atoms with van der Waals surface area (Å²) in [5.41, 5.74) is 2.71. The zero-order chi connectivity index (χ0) is 23.1. The van der Waals surface area contributed by atoms with Crippen LogP contribution in [0.3, 0.4) is 0 Å². The van der Waals surface area contributed by atoms with E-state index in [2.05, 4.69) is 16.6 Å². The van der Waals surface area contributed by atoms with E-state index in [1.807, 2.05) is 35.8 Å². The maximum atomic E-state index is 12.7. The molecule has 0 aliphatic rings. The maximum Gasteiger partial charge on any atom is 0.264 e. The summed E-state index contributed by atoms with van der Waals surface area (Å²) in [6.45, 7) is 4.54. The number of sulfonamides is 1. The first-order valence-electron chi connectivity index (χ1n) is 11.1. The molecule has 3 rings (SSSR count). The summed E-state index contributed by atoms with van der Waals surface area (Å²) in [5, 5.41) is 0.656. The highest BCUT2D eigenvalue weighted by atomic mass is 35.5. The Labute approximate surface area is 195 Å². The Morgan fingerprint density at radius 2 is 1.78 bits per heavy atom. The van der Waals surface area contributed by atoms with Crippen LogP contribution in [0.15, 0.2) is 42.5 Å². The molecule has 0 atom stereocenters. The van der Waals surface area contributed by atoms with Gasteiger partial charge in [-0.1, -0.05) is 68.8 Å². The second kappa shape index (κ2) is 11.0. The third-order valence-corrected chi connectivity index (χ3v) is 7.19. The van der Waals surface area contributed by atoms with E-state index in [1.54, 1.807) is 18.2 Å². The van der Waals surface area contributed by atoms with Gasteiger partial charge in [-0.25, -0.2) is 18.1 Å². The number of hydrogen-bond acceptors (Lipinski definition) is 4. The van der Waals surface area contributed by atoms with Crippen molar-refractivity contribution >= 4 is 38.6 Å². The fourth-order valence-corrected chi connectivity index (χ4v) is 4.99. The largest absolute Gasteiger partial charge is 0.324 e. The van der Waals surface area contributed by atoms with E-state index in [-0.39, 0.29) is 11.3 Å². The molecule has 1 amide bonds. The van der Waals surface area contributed by atoms with Gasteiger partial charge in [0.2, 0.25) is 10.0 Å². The van der Waals surface area contributed by atoms with Gasteiger partial charge in [0.05, 0.1) is 23.3 Å². The molecular formula is C24H30ClN3O3S. The van der Waals surface area contributed by atoms with E-state index in [4.69, 9.17) is 11.6 Å². The van der Waals surface area contributed by atoms with Gasteiger partial charge in [0.1, 0.15) is 5.82 Å². The van der Waals surface area contributed by atoms with Crippen molar-refractivity contribution < 1.29 is 13.2 Å². The third kappa shape index (κ3) is 6.33. The monoisotopic (exact) mass is 475 g/mol. The normalized spacial score (nSPS) is 11.7. The van der Waals surface area contributed by atoms with Gasteiger partial charge in [-0.3, -0.25) is 4.79 Å². The number of halogens is 1. The van der Waals surface area contributed by atoms with E-state index >= 15 is 0 Å². The van der Waals surface area contributed by atoms with Gasteiger partial charge in [0.25, 0.3) is 5.91 Å². The van der Waals surface area contributed by atoms with Crippen molar-refractivity contribution in [2.45, 2.75) is 58.9 Å². The standard InChI is InChI=1S/C24H30ClN3O3S/c1-3-4-5-6-7-10-15-32(30,31)27-24(29)19-13-14-22-23(16-19)28(18(2)26-22)17-20-11-8-9-12-21(20)25/h8-9,11-14,16H,3-7,10,15,17H2,1-2H3,(H,27,29). The van der Waals surface area contributed by atoms with E-state index in [1.165, 1.54) is 6.42 Å². The Morgan fingerprint density at radius 1 is 1.06 bits per heavy atom. The molecule has 32 heavy (non-hydrogen) atoms. The quantitative estimate of drug-likeness (QED) is 0.373. The van der Waals surface area contributed by atoms with E-state index < -0.39 is 15.9 Å². The number of carbonyl (C=O) groups is 1. The van der Waals surface area contributed by atoms with Crippen molar-refractivity contribution in [3.63, 3.8) is 0 Å². The van der Waals surface area contributed by atoms with Gasteiger partial charge in [0.15, 0.2) is 0 Å². The first kappa shape index (κ1) is 24.3. The summed E-state index contributed by atoms with van der Waals surface area (Å²) in [6.07, 6.45) is 5.84. The molecule has 0 bridgehead atoms. The molecule has 0 unspecified atom stereocenters. The number of carbonyl (C=O) groups excluding carboxylic acids is 1. The first-order chi connectivity index (χ1) is 15.3. The summed E-state index contributed by atoms with van der Waals surface area (Å²) >= 11 is 6.31. The van der Waals surface area contributed by atoms with Crippen LogP contribution in [0.2, 0.25) is 5.02 Å². The Hall–Kier alpha value is -2.38. The van der Waals surface area contributed by atoms with Crippen LogP contribution in [-0.2, 0) is 16.6 Å². The Bertz CT molecular complexity index is 1190. The number of imidazole rings is 1. The molecule has 0 saturated heterocycles. The van der Waals surface area contributed by atoms with E-state index in [0.29, 0.717) is 18.0 Å². The van der Waals surface area contributed by atoms with Crippen LogP contribution in [-0.4, -0.2) is 29.6 Å². The summed E-state index contributed by atoms with van der Waals surface area (Å²) in [7, 11) is -3.67. The number of aromatic nitrogens is 2. The van der Waals surface area contributed by atoms with Crippen molar-refractivity contribution in [1.29, 1.82) is 0 Å². The molecule has 3 aromatic rings. The Balaban J connectivity index is 1.72. The summed E-state index contributed by atoms with van der Waals surface area (Å²) < 4.78 is 28.9. The lowest BCUT2D eigenvalue weighted by atomic mass is 10.1. The van der Waals surface area contributed by atoms with Crippen LogP contribution in [0.5, 0.6) is 0 Å². The van der Waals surface area contributed by atoms with Gasteiger partial charge in [-0.05, 0) is 43.2 Å². The third-order valence-electron chi connectivity index (χ3n) is 5.50. The number of rotatable bonds is 11. The molecule has 1 aromatic heterocycles. The average Bonchev–Trinajstić information content (AvgIpc) is 3.06. The molecule has 0 aliphatic carbocycles. The number of hydrogen-bond donors (Lipinski definition) is 1. The second-order valence-electron chi connectivity index (χ2n) is 8.06. The highest BCUT2D eigenvalue weighted by Crippen LogP contribution is 2.22. The number of nitrogens with one attached hydrogen (secondary N) is 1. The number of unbranched alkanes of at least 4 members (excludes halogenated alkanes) is 5. The van der Waals surface area contributed by atoms with Crippen LogP contribution in [0.25, 0.3) is 11.0 Å². The predicted octanol–water partition coefficient (Wildman–Crippen LogP) is 5.47. The lowest BCUT2D eigenvalue weighted by Gasteiger charge is -2.10. The molecule has 0 radical (unpaired) electrons. The van der Waals surface area contributed by atoms with Crippen molar-refractivity contribution in [2.75, 3.05) is 5.75 Å². The fourth-order valence-electron chi connectivity index (χ4n) is 3.70. The van der Waals surface area contributed by atoms with Crippen molar-refractivity contribution in [3.8, 4) is 0 Å². The van der Waals surface area contributed by atoms with Crippen molar-refractivity contribution in [2.24, 2.45) is 0 Å². The summed E-state index contributed by atoms with van der Waals surface area (Å²) in [4.78, 5) is 17.2. The number of amides is 1. The molecule has 8 heteroatoms. The molecule has 2 aromatic carbocycles. The van der Waals surface area contributed by atoms with Gasteiger partial charge in [-0.2, -0.15) is 0 Å². The first-order valence-corrected chi connectivity index (χ1v) is 13.1. The molecule has 172 valence electrons. The molecule has 1 heterocycles. The van der Waals surface area contributed by atoms with Gasteiger partial charge >= 0.3 is 0 Å². The minimum absolute atomic E-state index is 0.0450. The molecule has 0 spiro atoms. The number of nitrogens with zero attached hydrogens (tertiary/aromatic N) is 2. The fraction of sp³-hybridized carbons (Fsp3) is 0.417. The molecular weight excluding hydrogens is 446 g/mol. The minimum atomic E-state index is -3.67. The number of benzene rings is 2. The average molecular weight is 476 g/mol. The topological polar surface area (TPSA) is 81.1 Å². The molecule has 1 N–H and O–H groups in total. The maximum absolute atomic E-state index is 12.7. The lowest BCUT2D eigenvalue weighted by molar-refractivity contribution is 0.0981. The van der Waals surface area contributed by atoms with Crippen molar-refractivity contribution in [3.05, 3.63) is 64.4 Å². The minimum Gasteiger partial charge on any atom is -0.324 e. The predicted molar refractivity (Wildman–Crippen MR) is 130 cm³/mol. The van der Waals surface area contributed by atoms with E-state index in [0.717, 1.165) is 48.1 Å². The zero-order valence-electron chi connectivity index (χ0n) is 18.6. The molecule has 0 saturated carbocycles. The van der Waals surface area contributed by atoms with Crippen LogP contribution in [0.1, 0.15) is 67.2 Å². The Kier molecular flexibility index (Phi) is 8.32. The van der Waals surface area contributed by atoms with Crippen LogP contribution in [0, 0.1) is 6.92 Å². The Morgan fingerprint density at radius 3 is 2.53 bits per heavy atom. The summed E-state index contributed by atoms with van der Waals surface area (Å²) in [6, 6.07) is 12.6. The van der Waals surface area contributed by atoms with Crippen LogP contribution in [0.4, 0.5) is 0 Å². The van der Waals surface area contributed by atoms with Gasteiger partial charge < -0.3 is 4.57 Å². The highest BCUT2D eigenvalue weighted by molar-refractivity contribution is 7.90. The second-order valence-corrected chi connectivity index (χ2v) is 10.3. The molecule has 6 nitrogen and oxygen atoms in total. The van der Waals surface area contributed by atoms with Crippen LogP contribution < -0.4 is 4.72 Å². The van der Waals surface area contributed by atoms with E-state index in [9.17, 15) is 13.2 Å². The smallest absolute Gasteiger partial charge is 0.264 e. The SMILES string of the molecule is CCCCCCCCS(=O)(=O)NC(=O)c1ccc2nc(C)n(Cc3ccccc3Cl)c2c1. The highest BCUT2D eigenvalue weighted by Gasteiger charge is 2.18. The zero-order valence-corrected chi connectivity index (χ0v) is 20.2. The number of aryl methyl sites for hydroxylation is 1. The van der Waals surface area contributed by atoms with Crippen LogP contribution >= 0.6 is 11.6 Å². The molecule has 0 fully saturated rings. The van der Waals surface area contributed by atoms with Gasteiger partial charge in [-0.15, -0.1) is 0 Å². The summed E-state index contributed by atoms with van der Waals surface area (Å²) in [5.74, 6) is 0.116. The molecule has 0 aliphatic heterocycles. The van der Waals surface area contributed by atoms with Gasteiger partial charge in [0, 0.05) is 10.6 Å².